The molecule has 0 unspecified atom stereocenters. The van der Waals surface area contributed by atoms with Gasteiger partial charge in [-0.15, -0.1) is 0 Å². The Morgan fingerprint density at radius 1 is 0.500 bits per heavy atom. The molecule has 0 atom stereocenters. The van der Waals surface area contributed by atoms with Crippen LogP contribution in [0.1, 0.15) is 22.3 Å². The fraction of sp³-hybridized carbons (Fsp3) is 0.0870. The second-order valence-electron chi connectivity index (χ2n) is 15.0. The molecular weight excluding hydrogens is 691 g/mol. The van der Waals surface area contributed by atoms with Gasteiger partial charge in [0.1, 0.15) is 0 Å². The highest BCUT2D eigenvalue weighted by molar-refractivity contribution is 8.00. The van der Waals surface area contributed by atoms with Crippen molar-refractivity contribution in [2.75, 3.05) is 9.80 Å². The highest BCUT2D eigenvalue weighted by Crippen LogP contribution is 2.54. The second kappa shape index (κ2) is 11.2. The maximum absolute atomic E-state index is 15.2. The van der Waals surface area contributed by atoms with Crippen molar-refractivity contribution in [1.82, 2.24) is 0 Å². The highest BCUT2D eigenvalue weighted by atomic mass is 32.2. The lowest BCUT2D eigenvalue weighted by Gasteiger charge is -2.50. The second-order valence-corrected chi connectivity index (χ2v) is 16.0. The minimum absolute atomic E-state index is 0.0613. The summed E-state index contributed by atoms with van der Waals surface area (Å²) in [7, 11) is 0. The maximum Gasteiger partial charge on any atom is 0.418 e. The van der Waals surface area contributed by atoms with Crippen LogP contribution in [0.15, 0.2) is 143 Å². The van der Waals surface area contributed by atoms with Gasteiger partial charge in [0, 0.05) is 38.1 Å². The maximum atomic E-state index is 15.2. The van der Waals surface area contributed by atoms with Crippen LogP contribution in [-0.2, 0) is 6.18 Å². The van der Waals surface area contributed by atoms with Crippen LogP contribution in [0, 0.1) is 20.8 Å². The van der Waals surface area contributed by atoms with Crippen molar-refractivity contribution in [1.29, 1.82) is 0 Å². The van der Waals surface area contributed by atoms with Gasteiger partial charge < -0.3 is 9.80 Å². The Hall–Kier alpha value is -5.59. The molecule has 8 heteroatoms. The van der Waals surface area contributed by atoms with E-state index < -0.39 is 11.7 Å². The largest absolute Gasteiger partial charge is 0.418 e. The number of aryl methyl sites for hydroxylation is 3. The quantitative estimate of drug-likeness (QED) is 0.165. The summed E-state index contributed by atoms with van der Waals surface area (Å²) in [6.45, 7) is 6.08. The highest BCUT2D eigenvalue weighted by Gasteiger charge is 2.52. The fourth-order valence-corrected chi connectivity index (χ4v) is 10.9. The number of para-hydroxylation sites is 1. The number of anilines is 6. The monoisotopic (exact) mass is 722 g/mol. The summed E-state index contributed by atoms with van der Waals surface area (Å²) in [4.78, 5) is 6.64. The van der Waals surface area contributed by atoms with Crippen molar-refractivity contribution < 1.29 is 13.2 Å². The summed E-state index contributed by atoms with van der Waals surface area (Å²) >= 11 is 1.75. The van der Waals surface area contributed by atoms with Crippen molar-refractivity contribution >= 4 is 92.1 Å². The van der Waals surface area contributed by atoms with Gasteiger partial charge in [0.25, 0.3) is 6.71 Å². The van der Waals surface area contributed by atoms with Crippen molar-refractivity contribution in [3.63, 3.8) is 0 Å². The third-order valence-corrected chi connectivity index (χ3v) is 12.9. The first kappa shape index (κ1) is 31.9. The molecule has 0 saturated carbocycles. The SMILES string of the molecule is Cc1ccc2c(c1)B1c3ccccc3Sc3c1c1c4c(c3-c3ccccc3)N(c3ccccc3C(F)(F)F)c3ccc(C)cc3B4c3cc(C)ccc3N21. The predicted octanol–water partition coefficient (Wildman–Crippen LogP) is 8.67. The Morgan fingerprint density at radius 3 is 1.63 bits per heavy atom. The third kappa shape index (κ3) is 4.29. The molecule has 4 aliphatic rings. The standard InChI is InChI=1S/C46H31B2F3N2S/c1-26-18-21-37-32(23-26)47-31-14-8-10-16-39(31)54-45-40(29-11-5-4-6-12-29)43-41-44(42(45)47)53(37)38-22-19-28(3)25-34(38)48(41)33-24-27(2)17-20-36(33)52(43)35-15-9-7-13-30(35)46(49,50)51/h4-25H,1-3H3. The zero-order valence-corrected chi connectivity index (χ0v) is 30.6. The molecule has 4 heterocycles. The molecule has 0 spiro atoms. The summed E-state index contributed by atoms with van der Waals surface area (Å²) in [6, 6.07) is 44.8. The Kier molecular flexibility index (Phi) is 6.63. The van der Waals surface area contributed by atoms with Crippen LogP contribution in [0.25, 0.3) is 11.1 Å². The molecule has 2 nitrogen and oxygen atoms in total. The number of rotatable bonds is 2. The number of halogens is 3. The van der Waals surface area contributed by atoms with Gasteiger partial charge in [0.2, 0.25) is 6.71 Å². The van der Waals surface area contributed by atoms with Gasteiger partial charge in [0.05, 0.1) is 16.9 Å². The minimum atomic E-state index is -4.57. The van der Waals surface area contributed by atoms with Crippen molar-refractivity contribution in [3.8, 4) is 11.1 Å². The molecule has 0 aromatic heterocycles. The molecule has 11 rings (SSSR count). The summed E-state index contributed by atoms with van der Waals surface area (Å²) in [5.74, 6) is 0. The zero-order valence-electron chi connectivity index (χ0n) is 29.8. The molecule has 54 heavy (non-hydrogen) atoms. The first-order chi connectivity index (χ1) is 26.2. The number of hydrogen-bond acceptors (Lipinski definition) is 3. The van der Waals surface area contributed by atoms with Gasteiger partial charge in [-0.1, -0.05) is 131 Å². The molecule has 4 aliphatic heterocycles. The van der Waals surface area contributed by atoms with E-state index in [1.165, 1.54) is 34.1 Å². The van der Waals surface area contributed by atoms with Crippen LogP contribution in [0.3, 0.4) is 0 Å². The van der Waals surface area contributed by atoms with Gasteiger partial charge in [-0.25, -0.2) is 0 Å². The zero-order chi connectivity index (χ0) is 36.6. The first-order valence-electron chi connectivity index (χ1n) is 18.3. The van der Waals surface area contributed by atoms with Crippen LogP contribution in [-0.4, -0.2) is 13.4 Å². The van der Waals surface area contributed by atoms with E-state index in [0.29, 0.717) is 0 Å². The smallest absolute Gasteiger partial charge is 0.312 e. The number of nitrogens with zero attached hydrogens (tertiary/aromatic N) is 2. The lowest BCUT2D eigenvalue weighted by Crippen LogP contribution is -2.68. The third-order valence-electron chi connectivity index (χ3n) is 11.7. The van der Waals surface area contributed by atoms with Gasteiger partial charge in [-0.3, -0.25) is 0 Å². The molecule has 0 bridgehead atoms. The molecule has 7 aromatic carbocycles. The molecule has 0 amide bonds. The fourth-order valence-electron chi connectivity index (χ4n) is 9.59. The lowest BCUT2D eigenvalue weighted by atomic mass is 9.29. The van der Waals surface area contributed by atoms with E-state index in [-0.39, 0.29) is 19.1 Å². The van der Waals surface area contributed by atoms with Crippen LogP contribution >= 0.6 is 11.8 Å². The number of alkyl halides is 3. The van der Waals surface area contributed by atoms with Crippen LogP contribution in [0.4, 0.5) is 47.3 Å². The van der Waals surface area contributed by atoms with Gasteiger partial charge in [0.15, 0.2) is 0 Å². The minimum Gasteiger partial charge on any atom is -0.312 e. The van der Waals surface area contributed by atoms with Crippen molar-refractivity contribution in [2.24, 2.45) is 0 Å². The van der Waals surface area contributed by atoms with Gasteiger partial charge in [-0.2, -0.15) is 13.2 Å². The van der Waals surface area contributed by atoms with Crippen molar-refractivity contribution in [2.45, 2.75) is 36.7 Å². The Bertz CT molecular complexity index is 2760. The summed E-state index contributed by atoms with van der Waals surface area (Å²) in [5, 5.41) is 0. The van der Waals surface area contributed by atoms with E-state index in [1.54, 1.807) is 23.9 Å². The van der Waals surface area contributed by atoms with E-state index in [9.17, 15) is 0 Å². The van der Waals surface area contributed by atoms with Crippen molar-refractivity contribution in [3.05, 3.63) is 156 Å². The molecule has 7 aromatic rings. The molecule has 258 valence electrons. The van der Waals surface area contributed by atoms with Gasteiger partial charge >= 0.3 is 6.18 Å². The molecule has 0 N–H and O–H groups in total. The summed E-state index contributed by atoms with van der Waals surface area (Å²) < 4.78 is 45.7. The Morgan fingerprint density at radius 2 is 1.02 bits per heavy atom. The topological polar surface area (TPSA) is 6.48 Å². The van der Waals surface area contributed by atoms with Crippen LogP contribution in [0.5, 0.6) is 0 Å². The number of fused-ring (bicyclic) bond motifs is 10. The molecule has 0 radical (unpaired) electrons. The number of benzene rings is 7. The first-order valence-corrected chi connectivity index (χ1v) is 19.1. The summed E-state index contributed by atoms with van der Waals surface area (Å²) in [6.07, 6.45) is -4.57. The van der Waals surface area contributed by atoms with E-state index in [1.807, 2.05) is 35.2 Å². The normalized spacial score (nSPS) is 14.3. The average Bonchev–Trinajstić information content (AvgIpc) is 3.17. The molecule has 0 saturated heterocycles. The molecular formula is C46H31B2F3N2S. The Balaban J connectivity index is 1.40. The van der Waals surface area contributed by atoms with Crippen LogP contribution in [0.2, 0.25) is 0 Å². The van der Waals surface area contributed by atoms with Crippen LogP contribution < -0.4 is 42.6 Å². The summed E-state index contributed by atoms with van der Waals surface area (Å²) in [5.41, 5.74) is 16.7. The Labute approximate surface area is 317 Å². The molecule has 0 aliphatic carbocycles. The predicted molar refractivity (Wildman–Crippen MR) is 220 cm³/mol. The number of hydrogen-bond donors (Lipinski definition) is 0. The van der Waals surface area contributed by atoms with Gasteiger partial charge in [-0.05, 0) is 90.0 Å². The molecule has 0 fully saturated rings. The lowest BCUT2D eigenvalue weighted by molar-refractivity contribution is -0.137. The van der Waals surface area contributed by atoms with E-state index in [4.69, 9.17) is 0 Å². The van der Waals surface area contributed by atoms with E-state index in [2.05, 4.69) is 105 Å². The van der Waals surface area contributed by atoms with E-state index in [0.717, 1.165) is 76.9 Å². The average molecular weight is 722 g/mol. The van der Waals surface area contributed by atoms with E-state index >= 15 is 13.2 Å².